The first-order chi connectivity index (χ1) is 12.6. The second-order valence-corrected chi connectivity index (χ2v) is 6.88. The molecule has 0 saturated heterocycles. The number of anilines is 1. The third-order valence-corrected chi connectivity index (χ3v) is 5.17. The zero-order valence-electron chi connectivity index (χ0n) is 14.6. The molecule has 26 heavy (non-hydrogen) atoms. The fourth-order valence-electron chi connectivity index (χ4n) is 3.82. The fraction of sp³-hybridized carbons (Fsp3) is 0.286. The quantitative estimate of drug-likeness (QED) is 0.797. The molecule has 0 fully saturated rings. The average Bonchev–Trinajstić information content (AvgIpc) is 3.12. The number of fused-ring (bicyclic) bond motifs is 2. The molecule has 132 valence electrons. The maximum absolute atomic E-state index is 12.6. The first kappa shape index (κ1) is 16.5. The summed E-state index contributed by atoms with van der Waals surface area (Å²) in [5.41, 5.74) is 3.07. The predicted octanol–water partition coefficient (Wildman–Crippen LogP) is 3.21. The van der Waals surface area contributed by atoms with E-state index < -0.39 is 0 Å². The molecule has 0 aliphatic carbocycles. The number of hydrogen-bond donors (Lipinski definition) is 0. The van der Waals surface area contributed by atoms with Gasteiger partial charge in [-0.2, -0.15) is 0 Å². The van der Waals surface area contributed by atoms with Crippen LogP contribution in [0.25, 0.3) is 0 Å². The van der Waals surface area contributed by atoms with Crippen LogP contribution < -0.4 is 4.90 Å². The van der Waals surface area contributed by atoms with Crippen molar-refractivity contribution >= 4 is 23.4 Å². The first-order valence-corrected chi connectivity index (χ1v) is 8.92. The monoisotopic (exact) mass is 348 g/mol. The van der Waals surface area contributed by atoms with Gasteiger partial charge in [0.15, 0.2) is 0 Å². The van der Waals surface area contributed by atoms with Gasteiger partial charge >= 0.3 is 0 Å². The van der Waals surface area contributed by atoms with Gasteiger partial charge in [-0.05, 0) is 30.2 Å². The van der Waals surface area contributed by atoms with Crippen molar-refractivity contribution in [3.63, 3.8) is 0 Å². The molecule has 2 aliphatic rings. The average molecular weight is 348 g/mol. The molecule has 3 amide bonds. The van der Waals surface area contributed by atoms with E-state index in [2.05, 4.69) is 13.0 Å². The molecule has 1 atom stereocenters. The minimum atomic E-state index is -0.266. The fourth-order valence-corrected chi connectivity index (χ4v) is 3.82. The van der Waals surface area contributed by atoms with Crippen LogP contribution in [0.5, 0.6) is 0 Å². The summed E-state index contributed by atoms with van der Waals surface area (Å²) >= 11 is 0. The number of nitrogens with zero attached hydrogens (tertiary/aromatic N) is 2. The lowest BCUT2D eigenvalue weighted by Crippen LogP contribution is -2.33. The molecular formula is C21H20N2O3. The predicted molar refractivity (Wildman–Crippen MR) is 98.3 cm³/mol. The Morgan fingerprint density at radius 1 is 1.00 bits per heavy atom. The van der Waals surface area contributed by atoms with Gasteiger partial charge in [-0.15, -0.1) is 0 Å². The number of imide groups is 1. The number of para-hydroxylation sites is 1. The lowest BCUT2D eigenvalue weighted by Gasteiger charge is -2.19. The molecule has 5 heteroatoms. The number of carbonyl (C=O) groups excluding carboxylic acids is 3. The summed E-state index contributed by atoms with van der Waals surface area (Å²) in [4.78, 5) is 40.4. The van der Waals surface area contributed by atoms with Gasteiger partial charge in [-0.25, -0.2) is 0 Å². The van der Waals surface area contributed by atoms with Crippen molar-refractivity contribution in [2.75, 3.05) is 18.0 Å². The number of rotatable bonds is 4. The SMILES string of the molecule is CC1CN(C(=O)CCCN2C(=O)c3ccccc3C2=O)c2ccccc21. The van der Waals surface area contributed by atoms with E-state index in [1.54, 1.807) is 24.3 Å². The molecule has 1 unspecified atom stereocenters. The Balaban J connectivity index is 1.38. The van der Waals surface area contributed by atoms with Crippen LogP contribution in [0.3, 0.4) is 0 Å². The van der Waals surface area contributed by atoms with Crippen LogP contribution in [0.15, 0.2) is 48.5 Å². The summed E-state index contributed by atoms with van der Waals surface area (Å²) < 4.78 is 0. The van der Waals surface area contributed by atoms with Crippen molar-refractivity contribution in [3.8, 4) is 0 Å². The number of hydrogen-bond acceptors (Lipinski definition) is 3. The van der Waals surface area contributed by atoms with Crippen LogP contribution in [0, 0.1) is 0 Å². The Hall–Kier alpha value is -2.95. The van der Waals surface area contributed by atoms with E-state index in [1.807, 2.05) is 23.1 Å². The molecule has 2 aromatic carbocycles. The van der Waals surface area contributed by atoms with Crippen molar-refractivity contribution in [1.29, 1.82) is 0 Å². The van der Waals surface area contributed by atoms with Gasteiger partial charge in [0.25, 0.3) is 11.8 Å². The highest BCUT2D eigenvalue weighted by Gasteiger charge is 2.35. The van der Waals surface area contributed by atoms with E-state index in [-0.39, 0.29) is 24.3 Å². The van der Waals surface area contributed by atoms with E-state index in [1.165, 1.54) is 10.5 Å². The van der Waals surface area contributed by atoms with Crippen LogP contribution >= 0.6 is 0 Å². The van der Waals surface area contributed by atoms with Crippen LogP contribution in [-0.4, -0.2) is 35.7 Å². The van der Waals surface area contributed by atoms with Gasteiger partial charge < -0.3 is 4.90 Å². The topological polar surface area (TPSA) is 57.7 Å². The van der Waals surface area contributed by atoms with Crippen LogP contribution in [0.1, 0.15) is 52.0 Å². The minimum Gasteiger partial charge on any atom is -0.312 e. The summed E-state index contributed by atoms with van der Waals surface area (Å²) in [6.45, 7) is 3.07. The molecule has 2 aliphatic heterocycles. The Morgan fingerprint density at radius 2 is 1.62 bits per heavy atom. The van der Waals surface area contributed by atoms with Crippen molar-refractivity contribution < 1.29 is 14.4 Å². The normalized spacial score (nSPS) is 18.3. The Bertz CT molecular complexity index is 871. The van der Waals surface area contributed by atoms with Gasteiger partial charge in [-0.3, -0.25) is 19.3 Å². The van der Waals surface area contributed by atoms with Crippen molar-refractivity contribution in [3.05, 3.63) is 65.2 Å². The summed E-state index contributed by atoms with van der Waals surface area (Å²) in [7, 11) is 0. The van der Waals surface area contributed by atoms with Gasteiger partial charge in [0.1, 0.15) is 0 Å². The molecule has 0 aromatic heterocycles. The second kappa shape index (κ2) is 6.41. The molecule has 2 aromatic rings. The minimum absolute atomic E-state index is 0.0402. The molecular weight excluding hydrogens is 328 g/mol. The van der Waals surface area contributed by atoms with E-state index in [0.29, 0.717) is 36.4 Å². The lowest BCUT2D eigenvalue weighted by atomic mass is 10.0. The Kier molecular flexibility index (Phi) is 4.07. The highest BCUT2D eigenvalue weighted by molar-refractivity contribution is 6.21. The van der Waals surface area contributed by atoms with E-state index in [0.717, 1.165) is 5.69 Å². The zero-order chi connectivity index (χ0) is 18.3. The number of amides is 3. The maximum Gasteiger partial charge on any atom is 0.261 e. The zero-order valence-corrected chi connectivity index (χ0v) is 14.6. The summed E-state index contributed by atoms with van der Waals surface area (Å²) in [6.07, 6.45) is 0.784. The highest BCUT2D eigenvalue weighted by atomic mass is 16.2. The van der Waals surface area contributed by atoms with Crippen molar-refractivity contribution in [2.24, 2.45) is 0 Å². The third-order valence-electron chi connectivity index (χ3n) is 5.17. The molecule has 0 bridgehead atoms. The summed E-state index contributed by atoms with van der Waals surface area (Å²) in [5.74, 6) is -0.166. The third kappa shape index (κ3) is 2.60. The largest absolute Gasteiger partial charge is 0.312 e. The van der Waals surface area contributed by atoms with E-state index in [4.69, 9.17) is 0 Å². The molecule has 0 spiro atoms. The number of benzene rings is 2. The van der Waals surface area contributed by atoms with Gasteiger partial charge in [0, 0.05) is 31.1 Å². The van der Waals surface area contributed by atoms with Crippen molar-refractivity contribution in [2.45, 2.75) is 25.7 Å². The molecule has 5 nitrogen and oxygen atoms in total. The first-order valence-electron chi connectivity index (χ1n) is 8.92. The summed E-state index contributed by atoms with van der Waals surface area (Å²) in [6, 6.07) is 14.8. The smallest absolute Gasteiger partial charge is 0.261 e. The standard InChI is InChI=1S/C21H20N2O3/c1-14-13-23(18-10-5-4-7-15(14)18)19(24)11-6-12-22-20(25)16-8-2-3-9-17(16)21(22)26/h2-5,7-10,14H,6,11-13H2,1H3. The van der Waals surface area contributed by atoms with Crippen molar-refractivity contribution in [1.82, 2.24) is 4.90 Å². The van der Waals surface area contributed by atoms with Gasteiger partial charge in [0.05, 0.1) is 11.1 Å². The summed E-state index contributed by atoms with van der Waals surface area (Å²) in [5, 5.41) is 0. The molecule has 4 rings (SSSR count). The highest BCUT2D eigenvalue weighted by Crippen LogP contribution is 2.36. The number of carbonyl (C=O) groups is 3. The van der Waals surface area contributed by atoms with Gasteiger partial charge in [-0.1, -0.05) is 37.3 Å². The van der Waals surface area contributed by atoms with E-state index in [9.17, 15) is 14.4 Å². The molecule has 0 N–H and O–H groups in total. The van der Waals surface area contributed by atoms with Gasteiger partial charge in [0.2, 0.25) is 5.91 Å². The maximum atomic E-state index is 12.6. The van der Waals surface area contributed by atoms with Crippen LogP contribution in [0.4, 0.5) is 5.69 Å². The lowest BCUT2D eigenvalue weighted by molar-refractivity contribution is -0.118. The van der Waals surface area contributed by atoms with Crippen LogP contribution in [0.2, 0.25) is 0 Å². The molecule has 0 radical (unpaired) electrons. The molecule has 2 heterocycles. The van der Waals surface area contributed by atoms with Crippen LogP contribution in [-0.2, 0) is 4.79 Å². The Morgan fingerprint density at radius 3 is 2.31 bits per heavy atom. The van der Waals surface area contributed by atoms with E-state index >= 15 is 0 Å². The Labute approximate surface area is 152 Å². The second-order valence-electron chi connectivity index (χ2n) is 6.88. The molecule has 0 saturated carbocycles.